The number of halogens is 5. The molecule has 3 aliphatic rings. The summed E-state index contributed by atoms with van der Waals surface area (Å²) in [6.45, 7) is 0.892. The molecule has 212 valence electrons. The molecule has 39 heavy (non-hydrogen) atoms. The van der Waals surface area contributed by atoms with Gasteiger partial charge in [-0.15, -0.1) is 0 Å². The normalized spacial score (nSPS) is 27.5. The van der Waals surface area contributed by atoms with E-state index in [2.05, 4.69) is 0 Å². The van der Waals surface area contributed by atoms with Crippen LogP contribution in [0.5, 0.6) is 0 Å². The highest BCUT2D eigenvalue weighted by atomic mass is 32.2. The van der Waals surface area contributed by atoms with E-state index in [4.69, 9.17) is 0 Å². The van der Waals surface area contributed by atoms with Crippen LogP contribution in [0, 0.1) is 5.82 Å². The minimum atomic E-state index is -5.07. The van der Waals surface area contributed by atoms with Gasteiger partial charge in [-0.05, 0) is 73.4 Å². The van der Waals surface area contributed by atoms with Crippen LogP contribution < -0.4 is 0 Å². The first-order valence-electron chi connectivity index (χ1n) is 13.0. The maximum Gasteiger partial charge on any atom is 0.426 e. The van der Waals surface area contributed by atoms with Crippen molar-refractivity contribution in [1.82, 2.24) is 9.80 Å². The Labute approximate surface area is 224 Å². The van der Waals surface area contributed by atoms with Gasteiger partial charge in [-0.3, -0.25) is 0 Å². The lowest BCUT2D eigenvalue weighted by Gasteiger charge is -2.45. The molecule has 0 N–H and O–H groups in total. The summed E-state index contributed by atoms with van der Waals surface area (Å²) < 4.78 is 92.9. The molecule has 1 aliphatic carbocycles. The van der Waals surface area contributed by atoms with Crippen LogP contribution in [0.4, 0.5) is 26.7 Å². The molecule has 2 heterocycles. The molecule has 11 heteroatoms. The van der Waals surface area contributed by atoms with Gasteiger partial charge in [0.05, 0.1) is 11.5 Å². The van der Waals surface area contributed by atoms with Crippen molar-refractivity contribution in [2.24, 2.45) is 0 Å². The maximum atomic E-state index is 14.8. The van der Waals surface area contributed by atoms with Gasteiger partial charge in [-0.1, -0.05) is 30.3 Å². The van der Waals surface area contributed by atoms with E-state index in [1.807, 2.05) is 0 Å². The molecule has 0 aromatic heterocycles. The summed E-state index contributed by atoms with van der Waals surface area (Å²) in [6.07, 6.45) is -2.96. The molecule has 2 saturated heterocycles. The molecular formula is C28H31F5N2O3S. The molecule has 5 rings (SSSR count). The van der Waals surface area contributed by atoms with Crippen LogP contribution in [0.15, 0.2) is 42.5 Å². The fourth-order valence-electron chi connectivity index (χ4n) is 6.66. The van der Waals surface area contributed by atoms with Crippen molar-refractivity contribution in [2.45, 2.75) is 68.4 Å². The molecule has 2 unspecified atom stereocenters. The first kappa shape index (κ1) is 27.9. The first-order valence-corrected chi connectivity index (χ1v) is 14.8. The van der Waals surface area contributed by atoms with Gasteiger partial charge in [-0.2, -0.15) is 13.2 Å². The number of alkyl halides is 4. The molecular weight excluding hydrogens is 539 g/mol. The summed E-state index contributed by atoms with van der Waals surface area (Å²) >= 11 is 0. The number of carbonyl (C=O) groups is 1. The summed E-state index contributed by atoms with van der Waals surface area (Å²) in [5, 5.41) is 0. The largest absolute Gasteiger partial charge is 0.426 e. The molecule has 4 atom stereocenters. The Morgan fingerprint density at radius 3 is 2.41 bits per heavy atom. The highest BCUT2D eigenvalue weighted by Gasteiger charge is 2.56. The van der Waals surface area contributed by atoms with Crippen LogP contribution in [-0.2, 0) is 33.8 Å². The SMILES string of the molecule is CN(C(=O)N1CC[C@@]2(Cc3ccc(F)cc3)c3ccc(C(C)(F)C(F)(F)F)cc3CC[C@@H]12)C1CCS(=O)(=O)C1. The molecule has 0 spiro atoms. The molecule has 0 bridgehead atoms. The number of carbonyl (C=O) groups excluding carboxylic acids is 1. The average molecular weight is 571 g/mol. The lowest BCUT2D eigenvalue weighted by molar-refractivity contribution is -0.228. The topological polar surface area (TPSA) is 57.7 Å². The number of rotatable bonds is 4. The van der Waals surface area contributed by atoms with Crippen molar-refractivity contribution in [3.05, 3.63) is 70.5 Å². The third-order valence-electron chi connectivity index (χ3n) is 8.95. The second-order valence-electron chi connectivity index (χ2n) is 11.3. The Hall–Kier alpha value is -2.69. The van der Waals surface area contributed by atoms with Crippen LogP contribution in [0.2, 0.25) is 0 Å². The highest BCUT2D eigenvalue weighted by Crippen LogP contribution is 2.51. The number of aryl methyl sites for hydroxylation is 1. The van der Waals surface area contributed by atoms with E-state index in [1.165, 1.54) is 29.2 Å². The Morgan fingerprint density at radius 2 is 1.79 bits per heavy atom. The molecule has 2 aromatic carbocycles. The second kappa shape index (κ2) is 9.45. The van der Waals surface area contributed by atoms with Crippen LogP contribution in [0.3, 0.4) is 0 Å². The van der Waals surface area contributed by atoms with Gasteiger partial charge >= 0.3 is 12.2 Å². The van der Waals surface area contributed by atoms with Crippen molar-refractivity contribution in [3.8, 4) is 0 Å². The highest BCUT2D eigenvalue weighted by molar-refractivity contribution is 7.91. The number of fused-ring (bicyclic) bond motifs is 3. The molecule has 2 aromatic rings. The van der Waals surface area contributed by atoms with E-state index in [9.17, 15) is 35.2 Å². The molecule has 2 aliphatic heterocycles. The average Bonchev–Trinajstić information content (AvgIpc) is 3.43. The summed E-state index contributed by atoms with van der Waals surface area (Å²) in [7, 11) is -1.59. The van der Waals surface area contributed by atoms with E-state index in [1.54, 1.807) is 30.1 Å². The zero-order valence-electron chi connectivity index (χ0n) is 21.8. The maximum absolute atomic E-state index is 14.8. The number of amides is 2. The smallest absolute Gasteiger partial charge is 0.324 e. The summed E-state index contributed by atoms with van der Waals surface area (Å²) in [5.74, 6) is -0.442. The number of benzene rings is 2. The number of urea groups is 1. The predicted molar refractivity (Wildman–Crippen MR) is 136 cm³/mol. The predicted octanol–water partition coefficient (Wildman–Crippen LogP) is 5.31. The molecule has 0 saturated carbocycles. The van der Waals surface area contributed by atoms with Gasteiger partial charge in [0.15, 0.2) is 9.84 Å². The van der Waals surface area contributed by atoms with Crippen molar-refractivity contribution < 1.29 is 35.2 Å². The zero-order valence-corrected chi connectivity index (χ0v) is 22.6. The van der Waals surface area contributed by atoms with E-state index >= 15 is 0 Å². The fourth-order valence-corrected chi connectivity index (χ4v) is 8.43. The van der Waals surface area contributed by atoms with Crippen molar-refractivity contribution in [3.63, 3.8) is 0 Å². The van der Waals surface area contributed by atoms with Gasteiger partial charge in [0.1, 0.15) is 5.82 Å². The van der Waals surface area contributed by atoms with Crippen LogP contribution in [0.1, 0.15) is 48.4 Å². The van der Waals surface area contributed by atoms with Crippen molar-refractivity contribution in [1.29, 1.82) is 0 Å². The number of hydrogen-bond donors (Lipinski definition) is 0. The number of nitrogens with zero attached hydrogens (tertiary/aromatic N) is 2. The minimum absolute atomic E-state index is 0.0361. The van der Waals surface area contributed by atoms with Gasteiger partial charge < -0.3 is 9.80 Å². The van der Waals surface area contributed by atoms with Crippen LogP contribution >= 0.6 is 0 Å². The molecule has 2 fully saturated rings. The monoisotopic (exact) mass is 570 g/mol. The lowest BCUT2D eigenvalue weighted by atomic mass is 9.63. The second-order valence-corrected chi connectivity index (χ2v) is 13.5. The minimum Gasteiger partial charge on any atom is -0.324 e. The van der Waals surface area contributed by atoms with Crippen molar-refractivity contribution in [2.75, 3.05) is 25.1 Å². The van der Waals surface area contributed by atoms with E-state index in [0.29, 0.717) is 51.1 Å². The van der Waals surface area contributed by atoms with Crippen LogP contribution in [0.25, 0.3) is 0 Å². The lowest BCUT2D eigenvalue weighted by Crippen LogP contribution is -2.53. The Balaban J connectivity index is 1.52. The Morgan fingerprint density at radius 1 is 1.10 bits per heavy atom. The van der Waals surface area contributed by atoms with E-state index in [-0.39, 0.29) is 23.6 Å². The van der Waals surface area contributed by atoms with Gasteiger partial charge in [0.2, 0.25) is 5.67 Å². The summed E-state index contributed by atoms with van der Waals surface area (Å²) in [4.78, 5) is 16.9. The summed E-state index contributed by atoms with van der Waals surface area (Å²) in [6, 6.07) is 9.04. The molecule has 5 nitrogen and oxygen atoms in total. The fraction of sp³-hybridized carbons (Fsp3) is 0.536. The Kier molecular flexibility index (Phi) is 6.75. The third kappa shape index (κ3) is 4.80. The van der Waals surface area contributed by atoms with E-state index in [0.717, 1.165) is 11.1 Å². The quantitative estimate of drug-likeness (QED) is 0.468. The zero-order chi connectivity index (χ0) is 28.4. The summed E-state index contributed by atoms with van der Waals surface area (Å²) in [5.41, 5.74) is -2.45. The van der Waals surface area contributed by atoms with Crippen LogP contribution in [-0.4, -0.2) is 67.6 Å². The molecule has 0 radical (unpaired) electrons. The van der Waals surface area contributed by atoms with Gasteiger partial charge in [-0.25, -0.2) is 22.0 Å². The first-order chi connectivity index (χ1) is 18.1. The number of sulfone groups is 1. The van der Waals surface area contributed by atoms with E-state index < -0.39 is 44.5 Å². The van der Waals surface area contributed by atoms with Gasteiger partial charge in [0, 0.05) is 31.1 Å². The number of hydrogen-bond acceptors (Lipinski definition) is 3. The van der Waals surface area contributed by atoms with Gasteiger partial charge in [0.25, 0.3) is 0 Å². The molecule has 2 amide bonds. The standard InChI is InChI=1S/C28H31F5N2O3S/c1-26(30,28(31,32)33)20-6-9-23-19(15-20)5-10-24-27(23,16-18-3-7-21(29)8-4-18)12-13-35(24)25(36)34(2)22-11-14-39(37,38)17-22/h3-4,6-9,15,22,24H,5,10-14,16-17H2,1-2H3/t22?,24-,26?,27-/m1/s1. The Bertz CT molecular complexity index is 1380. The van der Waals surface area contributed by atoms with Crippen molar-refractivity contribution >= 4 is 15.9 Å². The third-order valence-corrected chi connectivity index (χ3v) is 10.7. The number of likely N-dealkylation sites (tertiary alicyclic amines) is 1.